The van der Waals surface area contributed by atoms with Gasteiger partial charge in [-0.2, -0.15) is 0 Å². The smallest absolute Gasteiger partial charge is 0.253 e. The van der Waals surface area contributed by atoms with Gasteiger partial charge in [-0.05, 0) is 81.6 Å². The van der Waals surface area contributed by atoms with Crippen LogP contribution in [-0.2, 0) is 19.1 Å². The van der Waals surface area contributed by atoms with Gasteiger partial charge in [-0.15, -0.1) is 13.2 Å². The molecule has 44 heavy (non-hydrogen) atoms. The number of fused-ring (bicyclic) bond motifs is 1. The van der Waals surface area contributed by atoms with E-state index in [2.05, 4.69) is 13.2 Å². The number of halogens is 1. The van der Waals surface area contributed by atoms with Gasteiger partial charge in [0.05, 0.1) is 24.0 Å². The van der Waals surface area contributed by atoms with Crippen LogP contribution in [-0.4, -0.2) is 77.8 Å². The van der Waals surface area contributed by atoms with Crippen LogP contribution in [0.25, 0.3) is 0 Å². The molecule has 10 heteroatoms. The Morgan fingerprint density at radius 3 is 2.20 bits per heavy atom. The van der Waals surface area contributed by atoms with Crippen molar-refractivity contribution in [2.24, 2.45) is 11.8 Å². The summed E-state index contributed by atoms with van der Waals surface area (Å²) in [4.78, 5) is 48.2. The van der Waals surface area contributed by atoms with Gasteiger partial charge >= 0.3 is 0 Å². The van der Waals surface area contributed by atoms with E-state index >= 15 is 0 Å². The van der Waals surface area contributed by atoms with Crippen LogP contribution in [0.15, 0.2) is 73.8 Å². The van der Waals surface area contributed by atoms with E-state index in [1.54, 1.807) is 58.4 Å². The topological polar surface area (TPSA) is 99.6 Å². The first kappa shape index (κ1) is 31.8. The Morgan fingerprint density at radius 1 is 1.05 bits per heavy atom. The van der Waals surface area contributed by atoms with Gasteiger partial charge in [-0.25, -0.2) is 0 Å². The van der Waals surface area contributed by atoms with Crippen molar-refractivity contribution >= 4 is 40.7 Å². The van der Waals surface area contributed by atoms with Crippen molar-refractivity contribution in [3.63, 3.8) is 0 Å². The van der Waals surface area contributed by atoms with E-state index in [0.717, 1.165) is 0 Å². The van der Waals surface area contributed by atoms with Crippen LogP contribution in [0.4, 0.5) is 11.4 Å². The van der Waals surface area contributed by atoms with Gasteiger partial charge in [0.25, 0.3) is 5.91 Å². The number of benzene rings is 2. The van der Waals surface area contributed by atoms with Crippen molar-refractivity contribution in [2.45, 2.75) is 50.4 Å². The minimum atomic E-state index is -1.21. The van der Waals surface area contributed by atoms with Crippen LogP contribution >= 0.6 is 11.6 Å². The molecule has 2 aromatic rings. The lowest BCUT2D eigenvalue weighted by molar-refractivity contribution is -0.144. The predicted molar refractivity (Wildman–Crippen MR) is 170 cm³/mol. The molecule has 2 unspecified atom stereocenters. The molecule has 0 radical (unpaired) electrons. The number of carbonyl (C=O) groups is 3. The van der Waals surface area contributed by atoms with Crippen LogP contribution in [0.1, 0.15) is 33.1 Å². The molecule has 3 heterocycles. The number of aliphatic hydroxyl groups is 1. The Morgan fingerprint density at radius 2 is 1.64 bits per heavy atom. The fourth-order valence-electron chi connectivity index (χ4n) is 7.29. The van der Waals surface area contributed by atoms with E-state index in [1.165, 1.54) is 4.90 Å². The van der Waals surface area contributed by atoms with Crippen LogP contribution in [0.5, 0.6) is 5.75 Å². The van der Waals surface area contributed by atoms with Crippen molar-refractivity contribution in [3.05, 3.63) is 78.9 Å². The van der Waals surface area contributed by atoms with E-state index in [9.17, 15) is 19.5 Å². The third-order valence-corrected chi connectivity index (χ3v) is 9.34. The molecule has 2 bridgehead atoms. The number of amides is 3. The number of anilines is 2. The minimum Gasteiger partial charge on any atom is -0.494 e. The van der Waals surface area contributed by atoms with Crippen molar-refractivity contribution in [3.8, 4) is 5.75 Å². The minimum absolute atomic E-state index is 0.151. The summed E-state index contributed by atoms with van der Waals surface area (Å²) in [5, 5.41) is 10.2. The number of likely N-dealkylation sites (tertiary alicyclic amines) is 1. The lowest BCUT2D eigenvalue weighted by Crippen LogP contribution is -2.56. The molecule has 3 saturated heterocycles. The van der Waals surface area contributed by atoms with Gasteiger partial charge in [-0.3, -0.25) is 14.4 Å². The zero-order valence-corrected chi connectivity index (χ0v) is 26.0. The summed E-state index contributed by atoms with van der Waals surface area (Å²) < 4.78 is 12.4. The number of aliphatic hydroxyl groups excluding tert-OH is 1. The van der Waals surface area contributed by atoms with Crippen molar-refractivity contribution < 1.29 is 29.0 Å². The normalized spacial score (nSPS) is 26.8. The second kappa shape index (κ2) is 12.8. The summed E-state index contributed by atoms with van der Waals surface area (Å²) >= 11 is 6.13. The second-order valence-electron chi connectivity index (χ2n) is 11.7. The van der Waals surface area contributed by atoms with Gasteiger partial charge in [0.1, 0.15) is 17.4 Å². The molecule has 3 fully saturated rings. The lowest BCUT2D eigenvalue weighted by atomic mass is 9.66. The van der Waals surface area contributed by atoms with E-state index in [4.69, 9.17) is 21.1 Å². The quantitative estimate of drug-likeness (QED) is 0.328. The standard InChI is InChI=1S/C34H40ClN3O6/c1-5-19-36(25-13-15-26(16-14-25)43-7-3)30(40)27-28-31(41)38(21-8-22-39)29(34(28)18-17-33(27,4)44-34)32(42)37(20-6-2)24-11-9-23(35)10-12-24/h5-6,9-16,27-29,39H,1-2,7-8,17-22H2,3-4H3/t27-,28+,29?,33+,34?/m1/s1. The molecular weight excluding hydrogens is 582 g/mol. The summed E-state index contributed by atoms with van der Waals surface area (Å²) in [6.45, 7) is 12.4. The highest BCUT2D eigenvalue weighted by Crippen LogP contribution is 2.63. The first-order valence-corrected chi connectivity index (χ1v) is 15.5. The highest BCUT2D eigenvalue weighted by Gasteiger charge is 2.78. The Bertz CT molecular complexity index is 1420. The molecule has 0 aromatic heterocycles. The third kappa shape index (κ3) is 5.31. The number of carbonyl (C=O) groups excluding carboxylic acids is 3. The monoisotopic (exact) mass is 621 g/mol. The molecule has 5 atom stereocenters. The fourth-order valence-corrected chi connectivity index (χ4v) is 7.42. The van der Waals surface area contributed by atoms with Gasteiger partial charge in [0.15, 0.2) is 0 Å². The Hall–Kier alpha value is -3.66. The summed E-state index contributed by atoms with van der Waals surface area (Å²) in [5.41, 5.74) is -0.905. The Labute approximate surface area is 263 Å². The van der Waals surface area contributed by atoms with Crippen LogP contribution in [0, 0.1) is 11.8 Å². The molecule has 9 nitrogen and oxygen atoms in total. The summed E-state index contributed by atoms with van der Waals surface area (Å²) in [5.74, 6) is -1.90. The maximum atomic E-state index is 14.6. The molecule has 2 aromatic carbocycles. The maximum absolute atomic E-state index is 14.6. The number of hydrogen-bond acceptors (Lipinski definition) is 6. The molecule has 0 saturated carbocycles. The summed E-state index contributed by atoms with van der Waals surface area (Å²) in [6, 6.07) is 13.2. The maximum Gasteiger partial charge on any atom is 0.253 e. The van der Waals surface area contributed by atoms with E-state index in [0.29, 0.717) is 41.6 Å². The van der Waals surface area contributed by atoms with Gasteiger partial charge in [0.2, 0.25) is 11.8 Å². The molecule has 3 aliphatic rings. The van der Waals surface area contributed by atoms with E-state index < -0.39 is 29.1 Å². The van der Waals surface area contributed by atoms with Crippen LogP contribution in [0.2, 0.25) is 5.02 Å². The summed E-state index contributed by atoms with van der Waals surface area (Å²) in [7, 11) is 0. The predicted octanol–water partition coefficient (Wildman–Crippen LogP) is 4.62. The molecule has 3 amide bonds. The average Bonchev–Trinajstić information content (AvgIpc) is 3.58. The third-order valence-electron chi connectivity index (χ3n) is 9.09. The molecule has 5 rings (SSSR count). The van der Waals surface area contributed by atoms with Gasteiger partial charge in [-0.1, -0.05) is 23.8 Å². The number of hydrogen-bond donors (Lipinski definition) is 1. The first-order valence-electron chi connectivity index (χ1n) is 15.1. The Balaban J connectivity index is 1.55. The number of ether oxygens (including phenoxy) is 2. The molecule has 1 spiro atoms. The molecule has 3 aliphatic heterocycles. The Kier molecular flexibility index (Phi) is 9.20. The van der Waals surface area contributed by atoms with Crippen LogP contribution < -0.4 is 14.5 Å². The highest BCUT2D eigenvalue weighted by atomic mass is 35.5. The fraction of sp³-hybridized carbons (Fsp3) is 0.441. The number of nitrogens with zero attached hydrogens (tertiary/aromatic N) is 3. The lowest BCUT2D eigenvalue weighted by Gasteiger charge is -2.37. The van der Waals surface area contributed by atoms with Crippen molar-refractivity contribution in [2.75, 3.05) is 42.6 Å². The highest BCUT2D eigenvalue weighted by molar-refractivity contribution is 6.30. The largest absolute Gasteiger partial charge is 0.494 e. The number of rotatable bonds is 13. The molecule has 1 N–H and O–H groups in total. The second-order valence-corrected chi connectivity index (χ2v) is 12.2. The zero-order valence-electron chi connectivity index (χ0n) is 25.3. The van der Waals surface area contributed by atoms with Crippen molar-refractivity contribution in [1.82, 2.24) is 4.90 Å². The van der Waals surface area contributed by atoms with E-state index in [-0.39, 0.29) is 50.4 Å². The summed E-state index contributed by atoms with van der Waals surface area (Å²) in [6.07, 6.45) is 4.52. The van der Waals surface area contributed by atoms with Gasteiger partial charge < -0.3 is 29.3 Å². The molecule has 234 valence electrons. The first-order chi connectivity index (χ1) is 21.2. The SMILES string of the molecule is C=CCN(C(=O)C1N(CCCO)C(=O)[C@@H]2[C@H](C(=O)N(CC=C)c3ccc(OCC)cc3)[C@]3(C)CCC12O3)c1ccc(Cl)cc1. The van der Waals surface area contributed by atoms with Crippen molar-refractivity contribution in [1.29, 1.82) is 0 Å². The molecule has 0 aliphatic carbocycles. The molecular formula is C34H40ClN3O6. The average molecular weight is 622 g/mol. The van der Waals surface area contributed by atoms with E-state index in [1.807, 2.05) is 26.0 Å². The van der Waals surface area contributed by atoms with Crippen LogP contribution in [0.3, 0.4) is 0 Å². The van der Waals surface area contributed by atoms with Gasteiger partial charge in [0, 0.05) is 42.6 Å². The zero-order chi connectivity index (χ0) is 31.6.